The molecule has 1 amide bonds. The van der Waals surface area contributed by atoms with Gasteiger partial charge in [0.1, 0.15) is 0 Å². The molecule has 1 atom stereocenters. The largest absolute Gasteiger partial charge is 0.377 e. The van der Waals surface area contributed by atoms with E-state index < -0.39 is 0 Å². The highest BCUT2D eigenvalue weighted by Gasteiger charge is 2.21. The topological polar surface area (TPSA) is 41.6 Å². The molecule has 1 fully saturated rings. The highest BCUT2D eigenvalue weighted by atomic mass is 32.1. The van der Waals surface area contributed by atoms with E-state index >= 15 is 0 Å². The molecule has 0 radical (unpaired) electrons. The number of hydrogen-bond donors (Lipinski definition) is 1. The number of thiophene rings is 1. The van der Waals surface area contributed by atoms with Gasteiger partial charge in [0, 0.05) is 30.3 Å². The van der Waals surface area contributed by atoms with Crippen molar-refractivity contribution in [3.63, 3.8) is 0 Å². The van der Waals surface area contributed by atoms with Crippen LogP contribution < -0.4 is 5.32 Å². The van der Waals surface area contributed by atoms with Crippen LogP contribution in [0.1, 0.15) is 30.2 Å². The van der Waals surface area contributed by atoms with Crippen molar-refractivity contribution in [2.75, 3.05) is 25.0 Å². The Morgan fingerprint density at radius 1 is 1.36 bits per heavy atom. The van der Waals surface area contributed by atoms with E-state index in [1.54, 1.807) is 11.3 Å². The van der Waals surface area contributed by atoms with Crippen molar-refractivity contribution in [3.8, 4) is 0 Å². The molecule has 3 rings (SSSR count). The van der Waals surface area contributed by atoms with Crippen LogP contribution >= 0.6 is 11.3 Å². The number of amides is 1. The summed E-state index contributed by atoms with van der Waals surface area (Å²) in [4.78, 5) is 16.0. The number of carbonyl (C=O) groups is 1. The van der Waals surface area contributed by atoms with Crippen molar-refractivity contribution < 1.29 is 9.53 Å². The molecule has 0 bridgehead atoms. The molecule has 0 unspecified atom stereocenters. The Hall–Kier alpha value is -1.69. The van der Waals surface area contributed by atoms with Crippen LogP contribution in [0.25, 0.3) is 0 Å². The first-order valence-corrected chi connectivity index (χ1v) is 9.86. The summed E-state index contributed by atoms with van der Waals surface area (Å²) >= 11 is 1.73. The first kappa shape index (κ1) is 18.1. The molecule has 0 spiro atoms. The van der Waals surface area contributed by atoms with Crippen molar-refractivity contribution in [3.05, 3.63) is 52.2 Å². The van der Waals surface area contributed by atoms with Crippen LogP contribution in [0.15, 0.2) is 41.8 Å². The quantitative estimate of drug-likeness (QED) is 0.777. The molecule has 4 nitrogen and oxygen atoms in total. The van der Waals surface area contributed by atoms with E-state index in [1.165, 1.54) is 10.4 Å². The third kappa shape index (κ3) is 5.66. The summed E-state index contributed by atoms with van der Waals surface area (Å²) in [5, 5.41) is 5.11. The smallest absolute Gasteiger partial charge is 0.238 e. The van der Waals surface area contributed by atoms with Gasteiger partial charge in [0.25, 0.3) is 0 Å². The molecule has 1 aromatic heterocycles. The van der Waals surface area contributed by atoms with E-state index in [9.17, 15) is 4.79 Å². The standard InChI is InChI=1S/C20H26N2O2S/c1-2-16-6-3-7-17(12-16)21-20(23)15-22(13-18-8-4-10-24-18)14-19-9-5-11-25-19/h3,5-7,9,11-12,18H,2,4,8,10,13-15H2,1H3,(H,21,23)/t18-/m0/s1. The molecule has 1 aliphatic heterocycles. The molecular weight excluding hydrogens is 332 g/mol. The fraction of sp³-hybridized carbons (Fsp3) is 0.450. The molecule has 2 heterocycles. The van der Waals surface area contributed by atoms with Crippen LogP contribution in [0, 0.1) is 0 Å². The van der Waals surface area contributed by atoms with Crippen molar-refractivity contribution in [2.24, 2.45) is 0 Å². The molecular formula is C20H26N2O2S. The first-order chi connectivity index (χ1) is 12.2. The van der Waals surface area contributed by atoms with Crippen LogP contribution in [0.5, 0.6) is 0 Å². The van der Waals surface area contributed by atoms with Crippen LogP contribution in [-0.4, -0.2) is 36.6 Å². The first-order valence-electron chi connectivity index (χ1n) is 8.98. The number of nitrogens with zero attached hydrogens (tertiary/aromatic N) is 1. The van der Waals surface area contributed by atoms with Crippen LogP contribution in [-0.2, 0) is 22.5 Å². The van der Waals surface area contributed by atoms with Gasteiger partial charge >= 0.3 is 0 Å². The molecule has 1 N–H and O–H groups in total. The van der Waals surface area contributed by atoms with Gasteiger partial charge in [0.15, 0.2) is 0 Å². The number of aryl methyl sites for hydroxylation is 1. The zero-order valence-corrected chi connectivity index (χ0v) is 15.6. The maximum atomic E-state index is 12.5. The summed E-state index contributed by atoms with van der Waals surface area (Å²) in [6, 6.07) is 12.2. The lowest BCUT2D eigenvalue weighted by molar-refractivity contribution is -0.117. The summed E-state index contributed by atoms with van der Waals surface area (Å²) in [5.41, 5.74) is 2.10. The Bertz CT molecular complexity index is 666. The van der Waals surface area contributed by atoms with E-state index in [-0.39, 0.29) is 12.0 Å². The van der Waals surface area contributed by atoms with Gasteiger partial charge in [0.05, 0.1) is 12.6 Å². The maximum Gasteiger partial charge on any atom is 0.238 e. The summed E-state index contributed by atoms with van der Waals surface area (Å²) in [5.74, 6) is 0.0304. The highest BCUT2D eigenvalue weighted by molar-refractivity contribution is 7.09. The zero-order chi connectivity index (χ0) is 17.5. The summed E-state index contributed by atoms with van der Waals surface area (Å²) in [7, 11) is 0. The van der Waals surface area contributed by atoms with E-state index in [2.05, 4.69) is 40.7 Å². The number of carbonyl (C=O) groups excluding carboxylic acids is 1. The normalized spacial score (nSPS) is 17.1. The number of ether oxygens (including phenoxy) is 1. The van der Waals surface area contributed by atoms with Gasteiger partial charge in [-0.2, -0.15) is 0 Å². The van der Waals surface area contributed by atoms with Gasteiger partial charge in [-0.3, -0.25) is 9.69 Å². The number of benzene rings is 1. The molecule has 0 saturated carbocycles. The lowest BCUT2D eigenvalue weighted by Gasteiger charge is -2.24. The number of nitrogens with one attached hydrogen (secondary N) is 1. The molecule has 25 heavy (non-hydrogen) atoms. The monoisotopic (exact) mass is 358 g/mol. The molecule has 2 aromatic rings. The second-order valence-electron chi connectivity index (χ2n) is 6.49. The van der Waals surface area contributed by atoms with Gasteiger partial charge in [0.2, 0.25) is 5.91 Å². The molecule has 5 heteroatoms. The van der Waals surface area contributed by atoms with Crippen molar-refractivity contribution in [1.82, 2.24) is 4.90 Å². The third-order valence-electron chi connectivity index (χ3n) is 4.43. The van der Waals surface area contributed by atoms with Gasteiger partial charge in [-0.1, -0.05) is 25.1 Å². The summed E-state index contributed by atoms with van der Waals surface area (Å²) < 4.78 is 5.76. The number of anilines is 1. The van der Waals surface area contributed by atoms with E-state index in [0.717, 1.165) is 44.6 Å². The lowest BCUT2D eigenvalue weighted by Crippen LogP contribution is -2.37. The Labute approximate surface area is 153 Å². The second kappa shape index (κ2) is 9.13. The van der Waals surface area contributed by atoms with Gasteiger partial charge < -0.3 is 10.1 Å². The minimum absolute atomic E-state index is 0.0304. The van der Waals surface area contributed by atoms with E-state index in [4.69, 9.17) is 4.74 Å². The van der Waals surface area contributed by atoms with Crippen LogP contribution in [0.4, 0.5) is 5.69 Å². The van der Waals surface area contributed by atoms with Crippen LogP contribution in [0.3, 0.4) is 0 Å². The molecule has 1 aromatic carbocycles. The minimum atomic E-state index is 0.0304. The molecule has 1 saturated heterocycles. The predicted molar refractivity (Wildman–Crippen MR) is 103 cm³/mol. The Kier molecular flexibility index (Phi) is 6.62. The Morgan fingerprint density at radius 2 is 2.28 bits per heavy atom. The molecule has 134 valence electrons. The fourth-order valence-corrected chi connectivity index (χ4v) is 3.90. The van der Waals surface area contributed by atoms with E-state index in [1.807, 2.05) is 18.2 Å². The van der Waals surface area contributed by atoms with E-state index in [0.29, 0.717) is 6.54 Å². The summed E-state index contributed by atoms with van der Waals surface area (Å²) in [6.45, 7) is 4.94. The van der Waals surface area contributed by atoms with Crippen molar-refractivity contribution in [1.29, 1.82) is 0 Å². The second-order valence-corrected chi connectivity index (χ2v) is 7.52. The lowest BCUT2D eigenvalue weighted by atomic mass is 10.1. The average Bonchev–Trinajstić information content (AvgIpc) is 3.29. The molecule has 0 aliphatic carbocycles. The van der Waals surface area contributed by atoms with Crippen LogP contribution in [0.2, 0.25) is 0 Å². The van der Waals surface area contributed by atoms with Crippen molar-refractivity contribution in [2.45, 2.75) is 38.8 Å². The zero-order valence-electron chi connectivity index (χ0n) is 14.7. The Balaban J connectivity index is 1.60. The average molecular weight is 359 g/mol. The maximum absolute atomic E-state index is 12.5. The number of hydrogen-bond acceptors (Lipinski definition) is 4. The predicted octanol–water partition coefficient (Wildman–Crippen LogP) is 3.93. The number of rotatable bonds is 8. The van der Waals surface area contributed by atoms with Crippen molar-refractivity contribution >= 4 is 22.9 Å². The van der Waals surface area contributed by atoms with Gasteiger partial charge in [-0.15, -0.1) is 11.3 Å². The van der Waals surface area contributed by atoms with Gasteiger partial charge in [-0.25, -0.2) is 0 Å². The fourth-order valence-electron chi connectivity index (χ4n) is 3.16. The Morgan fingerprint density at radius 3 is 3.00 bits per heavy atom. The highest BCUT2D eigenvalue weighted by Crippen LogP contribution is 2.17. The SMILES string of the molecule is CCc1cccc(NC(=O)CN(Cc2cccs2)C[C@@H]2CCCO2)c1. The third-order valence-corrected chi connectivity index (χ3v) is 5.29. The van der Waals surface area contributed by atoms with Gasteiger partial charge in [-0.05, 0) is 48.4 Å². The molecule has 1 aliphatic rings. The summed E-state index contributed by atoms with van der Waals surface area (Å²) in [6.07, 6.45) is 3.41. The minimum Gasteiger partial charge on any atom is -0.377 e.